The minimum atomic E-state index is -1.62. The fourth-order valence-electron chi connectivity index (χ4n) is 5.30. The summed E-state index contributed by atoms with van der Waals surface area (Å²) in [6, 6.07) is 27.2. The number of rotatable bonds is 15. The van der Waals surface area contributed by atoms with Crippen molar-refractivity contribution in [3.63, 3.8) is 0 Å². The molecule has 10 nitrogen and oxygen atoms in total. The lowest BCUT2D eigenvalue weighted by Gasteiger charge is -2.31. The SMILES string of the molecule is [N-]=[N+]=NCc1ccccc1[C@@H]1OC(c2ccc(OCCCO)cc2)=N[C@]1(C/C=C/c1ccccc1)C(=O)NNCc1c(F)cccc1F. The van der Waals surface area contributed by atoms with E-state index in [0.29, 0.717) is 35.5 Å². The van der Waals surface area contributed by atoms with Gasteiger partial charge in [0.2, 0.25) is 5.90 Å². The summed E-state index contributed by atoms with van der Waals surface area (Å²) in [6.07, 6.45) is 3.25. The number of nitrogens with zero attached hydrogens (tertiary/aromatic N) is 4. The molecule has 0 spiro atoms. The molecule has 1 heterocycles. The Hall–Kier alpha value is -5.55. The van der Waals surface area contributed by atoms with Gasteiger partial charge in [0.15, 0.2) is 11.6 Å². The normalized spacial score (nSPS) is 17.0. The van der Waals surface area contributed by atoms with Crippen LogP contribution in [-0.4, -0.2) is 35.7 Å². The molecule has 2 atom stereocenters. The molecule has 0 aromatic heterocycles. The van der Waals surface area contributed by atoms with Crippen LogP contribution in [0.2, 0.25) is 0 Å². The van der Waals surface area contributed by atoms with Crippen molar-refractivity contribution in [2.45, 2.75) is 37.6 Å². The van der Waals surface area contributed by atoms with Crippen LogP contribution in [0.4, 0.5) is 8.78 Å². The molecule has 5 rings (SSSR count). The summed E-state index contributed by atoms with van der Waals surface area (Å²) >= 11 is 0. The number of aliphatic imine (C=N–C) groups is 1. The summed E-state index contributed by atoms with van der Waals surface area (Å²) in [7, 11) is 0. The van der Waals surface area contributed by atoms with Crippen LogP contribution in [0.1, 0.15) is 46.8 Å². The van der Waals surface area contributed by atoms with Gasteiger partial charge in [0.25, 0.3) is 5.91 Å². The molecular weight excluding hydrogens is 618 g/mol. The fraction of sp³-hybridized carbons (Fsp3) is 0.222. The van der Waals surface area contributed by atoms with Crippen LogP contribution < -0.4 is 15.6 Å². The van der Waals surface area contributed by atoms with Gasteiger partial charge < -0.3 is 14.6 Å². The van der Waals surface area contributed by atoms with Crippen molar-refractivity contribution in [3.05, 3.63) is 153 Å². The van der Waals surface area contributed by atoms with Gasteiger partial charge in [-0.1, -0.05) is 77.9 Å². The molecule has 0 aliphatic carbocycles. The van der Waals surface area contributed by atoms with E-state index in [4.69, 9.17) is 25.1 Å². The minimum absolute atomic E-state index is 0.00407. The largest absolute Gasteiger partial charge is 0.494 e. The van der Waals surface area contributed by atoms with Crippen LogP contribution in [0.3, 0.4) is 0 Å². The second-order valence-corrected chi connectivity index (χ2v) is 10.9. The molecule has 4 aromatic carbocycles. The molecule has 0 fully saturated rings. The number of carbonyl (C=O) groups excluding carboxylic acids is 1. The van der Waals surface area contributed by atoms with E-state index in [9.17, 15) is 13.6 Å². The van der Waals surface area contributed by atoms with E-state index in [-0.39, 0.29) is 37.6 Å². The molecule has 48 heavy (non-hydrogen) atoms. The first kappa shape index (κ1) is 33.8. The number of aliphatic hydroxyl groups excluding tert-OH is 1. The quantitative estimate of drug-likeness (QED) is 0.0430. The molecule has 12 heteroatoms. The maximum absolute atomic E-state index is 14.4. The van der Waals surface area contributed by atoms with Crippen molar-refractivity contribution in [3.8, 4) is 5.75 Å². The molecule has 1 aliphatic heterocycles. The summed E-state index contributed by atoms with van der Waals surface area (Å²) in [6.45, 7) is 0.0357. The third-order valence-corrected chi connectivity index (χ3v) is 7.74. The molecule has 0 saturated heterocycles. The van der Waals surface area contributed by atoms with Crippen molar-refractivity contribution in [1.82, 2.24) is 10.9 Å². The monoisotopic (exact) mass is 652 g/mol. The Morgan fingerprint density at radius 3 is 2.48 bits per heavy atom. The van der Waals surface area contributed by atoms with Gasteiger partial charge in [-0.25, -0.2) is 19.2 Å². The maximum Gasteiger partial charge on any atom is 0.266 e. The molecule has 0 saturated carbocycles. The zero-order valence-corrected chi connectivity index (χ0v) is 25.9. The number of halogens is 2. The number of hydrogen-bond acceptors (Lipinski definition) is 7. The first-order chi connectivity index (χ1) is 23.4. The minimum Gasteiger partial charge on any atom is -0.494 e. The number of hydrogen-bond donors (Lipinski definition) is 3. The van der Waals surface area contributed by atoms with Gasteiger partial charge in [0, 0.05) is 42.0 Å². The third-order valence-electron chi connectivity index (χ3n) is 7.74. The number of amides is 1. The van der Waals surface area contributed by atoms with Crippen LogP contribution in [0.25, 0.3) is 16.5 Å². The zero-order valence-electron chi connectivity index (χ0n) is 25.9. The summed E-state index contributed by atoms with van der Waals surface area (Å²) in [5.74, 6) is -1.35. The van der Waals surface area contributed by atoms with Crippen molar-refractivity contribution in [2.24, 2.45) is 10.1 Å². The summed E-state index contributed by atoms with van der Waals surface area (Å²) in [4.78, 5) is 22.2. The van der Waals surface area contributed by atoms with E-state index in [1.54, 1.807) is 48.5 Å². The van der Waals surface area contributed by atoms with Gasteiger partial charge in [-0.2, -0.15) is 0 Å². The Labute approximate surface area is 276 Å². The van der Waals surface area contributed by atoms with E-state index in [1.165, 1.54) is 6.07 Å². The predicted octanol–water partition coefficient (Wildman–Crippen LogP) is 6.72. The van der Waals surface area contributed by atoms with Gasteiger partial charge in [-0.3, -0.25) is 10.2 Å². The molecule has 0 radical (unpaired) electrons. The van der Waals surface area contributed by atoms with Crippen LogP contribution in [0.15, 0.2) is 113 Å². The van der Waals surface area contributed by atoms with Crippen molar-refractivity contribution in [2.75, 3.05) is 13.2 Å². The lowest BCUT2D eigenvalue weighted by Crippen LogP contribution is -2.52. The number of nitrogens with one attached hydrogen (secondary N) is 2. The van der Waals surface area contributed by atoms with Crippen LogP contribution in [0.5, 0.6) is 5.75 Å². The number of hydrazine groups is 1. The van der Waals surface area contributed by atoms with E-state index < -0.39 is 29.2 Å². The Morgan fingerprint density at radius 2 is 1.75 bits per heavy atom. The molecule has 3 N–H and O–H groups in total. The smallest absolute Gasteiger partial charge is 0.266 e. The van der Waals surface area contributed by atoms with E-state index >= 15 is 0 Å². The highest BCUT2D eigenvalue weighted by molar-refractivity contribution is 6.01. The molecule has 1 aliphatic rings. The highest BCUT2D eigenvalue weighted by Crippen LogP contribution is 2.44. The Morgan fingerprint density at radius 1 is 1.02 bits per heavy atom. The molecule has 0 unspecified atom stereocenters. The fourth-order valence-corrected chi connectivity index (χ4v) is 5.30. The van der Waals surface area contributed by atoms with Crippen LogP contribution >= 0.6 is 0 Å². The Balaban J connectivity index is 1.55. The number of carbonyl (C=O) groups is 1. The van der Waals surface area contributed by atoms with E-state index in [0.717, 1.165) is 17.7 Å². The second-order valence-electron chi connectivity index (χ2n) is 10.9. The highest BCUT2D eigenvalue weighted by atomic mass is 19.1. The lowest BCUT2D eigenvalue weighted by atomic mass is 9.82. The average molecular weight is 653 g/mol. The average Bonchev–Trinajstić information content (AvgIpc) is 3.50. The van der Waals surface area contributed by atoms with Gasteiger partial charge in [-0.05, 0) is 58.6 Å². The maximum atomic E-state index is 14.4. The lowest BCUT2D eigenvalue weighted by molar-refractivity contribution is -0.130. The number of ether oxygens (including phenoxy) is 2. The third kappa shape index (κ3) is 8.05. The number of azide groups is 1. The van der Waals surface area contributed by atoms with Crippen molar-refractivity contribution in [1.29, 1.82) is 0 Å². The van der Waals surface area contributed by atoms with Gasteiger partial charge in [-0.15, -0.1) is 0 Å². The van der Waals surface area contributed by atoms with Gasteiger partial charge in [0.1, 0.15) is 17.4 Å². The first-order valence-corrected chi connectivity index (χ1v) is 15.3. The standard InChI is InChI=1S/C36H34F2N6O4/c37-31-14-6-15-32(38)30(31)24-40-43-35(46)36(20-7-11-25-9-2-1-3-10-25)33(29-13-5-4-12-27(29)23-41-44-39)48-34(42-36)26-16-18-28(19-17-26)47-22-8-21-45/h1-7,9-19,33,40,45H,8,20-24H2,(H,43,46)/b11-7+/t33-,36-/m0/s1. The predicted molar refractivity (Wildman–Crippen MR) is 177 cm³/mol. The second kappa shape index (κ2) is 16.3. The first-order valence-electron chi connectivity index (χ1n) is 15.3. The summed E-state index contributed by atoms with van der Waals surface area (Å²) in [5.41, 5.74) is 15.2. The van der Waals surface area contributed by atoms with E-state index in [1.807, 2.05) is 42.5 Å². The zero-order chi connectivity index (χ0) is 33.8. The van der Waals surface area contributed by atoms with Crippen LogP contribution in [0, 0.1) is 11.6 Å². The molecule has 4 aromatic rings. The van der Waals surface area contributed by atoms with Crippen LogP contribution in [-0.2, 0) is 22.6 Å². The van der Waals surface area contributed by atoms with Gasteiger partial charge >= 0.3 is 0 Å². The Bertz CT molecular complexity index is 1790. The topological polar surface area (TPSA) is 141 Å². The summed E-state index contributed by atoms with van der Waals surface area (Å²) in [5, 5.41) is 12.8. The molecular formula is C36H34F2N6O4. The number of aliphatic hydroxyl groups is 1. The Kier molecular flexibility index (Phi) is 11.5. The molecule has 1 amide bonds. The van der Waals surface area contributed by atoms with Gasteiger partial charge in [0.05, 0.1) is 13.2 Å². The molecule has 246 valence electrons. The van der Waals surface area contributed by atoms with Crippen molar-refractivity contribution >= 4 is 17.9 Å². The van der Waals surface area contributed by atoms with Crippen molar-refractivity contribution < 1.29 is 28.2 Å². The summed E-state index contributed by atoms with van der Waals surface area (Å²) < 4.78 is 40.9. The van der Waals surface area contributed by atoms with E-state index in [2.05, 4.69) is 20.9 Å². The molecule has 0 bridgehead atoms. The number of benzene rings is 4. The highest BCUT2D eigenvalue weighted by Gasteiger charge is 2.53.